The predicted molar refractivity (Wildman–Crippen MR) is 64.1 cm³/mol. The number of aromatic amines is 1. The summed E-state index contributed by atoms with van der Waals surface area (Å²) in [6, 6.07) is 0. The molecule has 0 radical (unpaired) electrons. The fraction of sp³-hybridized carbons (Fsp3) is 0.750. The number of carbonyl (C=O) groups excluding carboxylic acids is 1. The third kappa shape index (κ3) is 2.25. The van der Waals surface area contributed by atoms with Crippen molar-refractivity contribution in [1.82, 2.24) is 20.1 Å². The second kappa shape index (κ2) is 4.68. The summed E-state index contributed by atoms with van der Waals surface area (Å²) in [6.45, 7) is 1.66. The molecule has 0 aromatic carbocycles. The van der Waals surface area contributed by atoms with Crippen LogP contribution in [0.1, 0.15) is 48.0 Å². The molecule has 2 heterocycles. The molecule has 0 bridgehead atoms. The lowest BCUT2D eigenvalue weighted by Gasteiger charge is -2.13. The Kier molecular flexibility index (Phi) is 3.03. The number of H-pyrrole nitrogens is 1. The van der Waals surface area contributed by atoms with Gasteiger partial charge in [0, 0.05) is 25.6 Å². The smallest absolute Gasteiger partial charge is 0.293 e. The van der Waals surface area contributed by atoms with Gasteiger partial charge in [0.15, 0.2) is 0 Å². The van der Waals surface area contributed by atoms with Crippen LogP contribution in [0.2, 0.25) is 0 Å². The van der Waals surface area contributed by atoms with Gasteiger partial charge in [-0.1, -0.05) is 0 Å². The van der Waals surface area contributed by atoms with Crippen LogP contribution < -0.4 is 0 Å². The lowest BCUT2D eigenvalue weighted by Crippen LogP contribution is -2.29. The van der Waals surface area contributed by atoms with Crippen LogP contribution in [0.5, 0.6) is 0 Å². The molecule has 2 fully saturated rings. The highest BCUT2D eigenvalue weighted by Crippen LogP contribution is 2.37. The Hall–Kier alpha value is -1.43. The van der Waals surface area contributed by atoms with E-state index in [1.54, 1.807) is 4.90 Å². The fourth-order valence-electron chi connectivity index (χ4n) is 2.49. The van der Waals surface area contributed by atoms with Crippen molar-refractivity contribution in [2.24, 2.45) is 5.92 Å². The van der Waals surface area contributed by atoms with E-state index in [1.807, 2.05) is 0 Å². The van der Waals surface area contributed by atoms with Crippen molar-refractivity contribution in [3.63, 3.8) is 0 Å². The Labute approximate surface area is 105 Å². The van der Waals surface area contributed by atoms with Crippen LogP contribution in [-0.4, -0.2) is 50.8 Å². The molecule has 1 aromatic heterocycles. The number of aromatic nitrogens is 3. The third-order valence-electron chi connectivity index (χ3n) is 3.77. The normalized spacial score (nSPS) is 23.6. The van der Waals surface area contributed by atoms with E-state index < -0.39 is 0 Å². The molecule has 1 unspecified atom stereocenters. The molecule has 1 atom stereocenters. The number of carbonyl (C=O) groups is 1. The van der Waals surface area contributed by atoms with E-state index in [9.17, 15) is 4.79 Å². The van der Waals surface area contributed by atoms with Crippen molar-refractivity contribution in [2.45, 2.75) is 31.6 Å². The number of nitrogens with one attached hydrogen (secondary N) is 1. The van der Waals surface area contributed by atoms with E-state index in [-0.39, 0.29) is 12.5 Å². The largest absolute Gasteiger partial charge is 0.396 e. The van der Waals surface area contributed by atoms with Crippen LogP contribution in [-0.2, 0) is 0 Å². The second-order valence-corrected chi connectivity index (χ2v) is 5.24. The molecule has 1 saturated heterocycles. The summed E-state index contributed by atoms with van der Waals surface area (Å²) in [5, 5.41) is 15.8. The first-order valence-corrected chi connectivity index (χ1v) is 6.60. The molecular weight excluding hydrogens is 232 g/mol. The van der Waals surface area contributed by atoms with Crippen LogP contribution in [0.3, 0.4) is 0 Å². The minimum atomic E-state index is -0.0846. The number of amides is 1. The number of hydrogen-bond acceptors (Lipinski definition) is 4. The van der Waals surface area contributed by atoms with Crippen LogP contribution in [0, 0.1) is 5.92 Å². The van der Waals surface area contributed by atoms with Gasteiger partial charge in [-0.25, -0.2) is 4.98 Å². The Bertz CT molecular complexity index is 441. The molecule has 3 rings (SSSR count). The molecule has 6 nitrogen and oxygen atoms in total. The standard InChI is InChI=1S/C12H18N4O2/c17-6-4-8-3-5-16(7-8)12(18)11-13-10(14-15-11)9-1-2-9/h8-9,17H,1-7H2,(H,13,14,15). The number of hydrogen-bond donors (Lipinski definition) is 2. The first kappa shape index (κ1) is 11.6. The highest BCUT2D eigenvalue weighted by atomic mass is 16.3. The molecule has 18 heavy (non-hydrogen) atoms. The summed E-state index contributed by atoms with van der Waals surface area (Å²) < 4.78 is 0. The van der Waals surface area contributed by atoms with Crippen LogP contribution in [0.15, 0.2) is 0 Å². The van der Waals surface area contributed by atoms with Gasteiger partial charge in [0.2, 0.25) is 5.82 Å². The van der Waals surface area contributed by atoms with E-state index in [4.69, 9.17) is 5.11 Å². The molecular formula is C12H18N4O2. The summed E-state index contributed by atoms with van der Waals surface area (Å²) in [4.78, 5) is 18.2. The van der Waals surface area contributed by atoms with Gasteiger partial charge in [-0.2, -0.15) is 0 Å². The second-order valence-electron chi connectivity index (χ2n) is 5.24. The Morgan fingerprint density at radius 2 is 2.28 bits per heavy atom. The van der Waals surface area contributed by atoms with Crippen LogP contribution in [0.4, 0.5) is 0 Å². The lowest BCUT2D eigenvalue weighted by molar-refractivity contribution is 0.0773. The van der Waals surface area contributed by atoms with E-state index in [1.165, 1.54) is 0 Å². The fourth-order valence-corrected chi connectivity index (χ4v) is 2.49. The van der Waals surface area contributed by atoms with E-state index in [2.05, 4.69) is 15.2 Å². The number of aliphatic hydroxyl groups is 1. The van der Waals surface area contributed by atoms with Crippen molar-refractivity contribution in [2.75, 3.05) is 19.7 Å². The van der Waals surface area contributed by atoms with Gasteiger partial charge in [-0.3, -0.25) is 9.89 Å². The zero-order valence-corrected chi connectivity index (χ0v) is 10.3. The van der Waals surface area contributed by atoms with E-state index >= 15 is 0 Å². The Morgan fingerprint density at radius 1 is 1.44 bits per heavy atom. The minimum Gasteiger partial charge on any atom is -0.396 e. The average Bonchev–Trinajstić information content (AvgIpc) is 2.93. The molecule has 2 aliphatic rings. The van der Waals surface area contributed by atoms with Gasteiger partial charge in [0.1, 0.15) is 5.82 Å². The quantitative estimate of drug-likeness (QED) is 0.816. The highest BCUT2D eigenvalue weighted by molar-refractivity contribution is 5.90. The molecule has 1 aliphatic heterocycles. The molecule has 2 N–H and O–H groups in total. The zero-order chi connectivity index (χ0) is 12.5. The maximum absolute atomic E-state index is 12.2. The summed E-state index contributed by atoms with van der Waals surface area (Å²) in [7, 11) is 0. The zero-order valence-electron chi connectivity index (χ0n) is 10.3. The molecule has 1 aromatic rings. The van der Waals surface area contributed by atoms with Crippen LogP contribution >= 0.6 is 0 Å². The molecule has 1 saturated carbocycles. The van der Waals surface area contributed by atoms with Crippen molar-refractivity contribution < 1.29 is 9.90 Å². The number of nitrogens with zero attached hydrogens (tertiary/aromatic N) is 3. The minimum absolute atomic E-state index is 0.0846. The van der Waals surface area contributed by atoms with Crippen molar-refractivity contribution in [3.05, 3.63) is 11.6 Å². The van der Waals surface area contributed by atoms with Gasteiger partial charge in [-0.15, -0.1) is 5.10 Å². The van der Waals surface area contributed by atoms with Gasteiger partial charge >= 0.3 is 0 Å². The van der Waals surface area contributed by atoms with Gasteiger partial charge in [-0.05, 0) is 31.6 Å². The van der Waals surface area contributed by atoms with E-state index in [0.29, 0.717) is 24.2 Å². The summed E-state index contributed by atoms with van der Waals surface area (Å²) in [5.41, 5.74) is 0. The summed E-state index contributed by atoms with van der Waals surface area (Å²) in [5.74, 6) is 1.96. The topological polar surface area (TPSA) is 82.1 Å². The maximum Gasteiger partial charge on any atom is 0.293 e. The van der Waals surface area contributed by atoms with Crippen molar-refractivity contribution in [1.29, 1.82) is 0 Å². The molecule has 0 spiro atoms. The third-order valence-corrected chi connectivity index (χ3v) is 3.77. The first-order valence-electron chi connectivity index (χ1n) is 6.60. The number of likely N-dealkylation sites (tertiary alicyclic amines) is 1. The van der Waals surface area contributed by atoms with E-state index in [0.717, 1.165) is 38.1 Å². The number of rotatable bonds is 4. The molecule has 6 heteroatoms. The summed E-state index contributed by atoms with van der Waals surface area (Å²) in [6.07, 6.45) is 4.02. The number of aliphatic hydroxyl groups excluding tert-OH is 1. The predicted octanol–water partition coefficient (Wildman–Crippen LogP) is 0.527. The lowest BCUT2D eigenvalue weighted by atomic mass is 10.1. The van der Waals surface area contributed by atoms with Gasteiger partial charge in [0.05, 0.1) is 0 Å². The SMILES string of the molecule is O=C(c1n[nH]c(C2CC2)n1)N1CCC(CCO)C1. The van der Waals surface area contributed by atoms with Crippen molar-refractivity contribution >= 4 is 5.91 Å². The maximum atomic E-state index is 12.2. The highest BCUT2D eigenvalue weighted by Gasteiger charge is 2.31. The Morgan fingerprint density at radius 3 is 3.00 bits per heavy atom. The molecule has 1 aliphatic carbocycles. The molecule has 98 valence electrons. The van der Waals surface area contributed by atoms with Crippen LogP contribution in [0.25, 0.3) is 0 Å². The van der Waals surface area contributed by atoms with Gasteiger partial charge in [0.25, 0.3) is 5.91 Å². The summed E-state index contributed by atoms with van der Waals surface area (Å²) >= 11 is 0. The Balaban J connectivity index is 1.63. The first-order chi connectivity index (χ1) is 8.78. The van der Waals surface area contributed by atoms with Gasteiger partial charge < -0.3 is 10.0 Å². The molecule has 1 amide bonds. The van der Waals surface area contributed by atoms with Crippen molar-refractivity contribution in [3.8, 4) is 0 Å². The monoisotopic (exact) mass is 250 g/mol. The average molecular weight is 250 g/mol.